The molecule has 84 valence electrons. The fourth-order valence-corrected chi connectivity index (χ4v) is 2.52. The highest BCUT2D eigenvalue weighted by molar-refractivity contribution is 9.10. The SMILES string of the molecule is CN(CCc1cccs1)c1cncc(Br)c1. The molecule has 2 heterocycles. The van der Waals surface area contributed by atoms with Gasteiger partial charge in [-0.3, -0.25) is 4.98 Å². The minimum absolute atomic E-state index is 1.01. The fraction of sp³-hybridized carbons (Fsp3) is 0.250. The molecule has 0 N–H and O–H groups in total. The van der Waals surface area contributed by atoms with Crippen LogP contribution in [0.2, 0.25) is 0 Å². The third-order valence-electron chi connectivity index (χ3n) is 2.40. The van der Waals surface area contributed by atoms with Gasteiger partial charge in [0.25, 0.3) is 0 Å². The highest BCUT2D eigenvalue weighted by Crippen LogP contribution is 2.18. The molecular formula is C12H13BrN2S. The first-order valence-electron chi connectivity index (χ1n) is 5.10. The Balaban J connectivity index is 1.95. The Morgan fingerprint density at radius 2 is 2.31 bits per heavy atom. The Hall–Kier alpha value is -0.870. The molecule has 0 saturated heterocycles. The second-order valence-corrected chi connectivity index (χ2v) is 5.56. The van der Waals surface area contributed by atoms with E-state index >= 15 is 0 Å². The van der Waals surface area contributed by atoms with Gasteiger partial charge in [0.15, 0.2) is 0 Å². The highest BCUT2D eigenvalue weighted by Gasteiger charge is 2.02. The maximum Gasteiger partial charge on any atom is 0.0561 e. The van der Waals surface area contributed by atoms with Gasteiger partial charge in [0, 0.05) is 29.1 Å². The zero-order valence-electron chi connectivity index (χ0n) is 9.06. The Labute approximate surface area is 108 Å². The highest BCUT2D eigenvalue weighted by atomic mass is 79.9. The molecule has 0 amide bonds. The Morgan fingerprint density at radius 1 is 1.44 bits per heavy atom. The molecule has 0 saturated carbocycles. The zero-order chi connectivity index (χ0) is 11.4. The van der Waals surface area contributed by atoms with E-state index in [4.69, 9.17) is 0 Å². The second kappa shape index (κ2) is 5.46. The third kappa shape index (κ3) is 3.06. The molecule has 0 aliphatic rings. The number of anilines is 1. The van der Waals surface area contributed by atoms with E-state index in [9.17, 15) is 0 Å². The molecule has 0 unspecified atom stereocenters. The van der Waals surface area contributed by atoms with Gasteiger partial charge in [-0.25, -0.2) is 0 Å². The number of pyridine rings is 1. The number of halogens is 1. The van der Waals surface area contributed by atoms with Crippen molar-refractivity contribution < 1.29 is 0 Å². The van der Waals surface area contributed by atoms with Gasteiger partial charge in [0.05, 0.1) is 11.9 Å². The van der Waals surface area contributed by atoms with E-state index in [0.29, 0.717) is 0 Å². The van der Waals surface area contributed by atoms with Crippen LogP contribution in [-0.2, 0) is 6.42 Å². The lowest BCUT2D eigenvalue weighted by molar-refractivity contribution is 0.883. The quantitative estimate of drug-likeness (QED) is 0.857. The average molecular weight is 297 g/mol. The minimum atomic E-state index is 1.01. The molecule has 0 aliphatic heterocycles. The normalized spacial score (nSPS) is 10.4. The van der Waals surface area contributed by atoms with Gasteiger partial charge in [-0.1, -0.05) is 6.07 Å². The monoisotopic (exact) mass is 296 g/mol. The van der Waals surface area contributed by atoms with Gasteiger partial charge in [-0.15, -0.1) is 11.3 Å². The number of aromatic nitrogens is 1. The van der Waals surface area contributed by atoms with Crippen molar-refractivity contribution in [2.24, 2.45) is 0 Å². The maximum atomic E-state index is 4.16. The summed E-state index contributed by atoms with van der Waals surface area (Å²) in [6.07, 6.45) is 4.77. The van der Waals surface area contributed by atoms with Crippen LogP contribution in [0.4, 0.5) is 5.69 Å². The smallest absolute Gasteiger partial charge is 0.0561 e. The summed E-state index contributed by atoms with van der Waals surface area (Å²) in [7, 11) is 2.09. The lowest BCUT2D eigenvalue weighted by Crippen LogP contribution is -2.20. The molecule has 0 bridgehead atoms. The summed E-state index contributed by atoms with van der Waals surface area (Å²) in [5.41, 5.74) is 1.14. The average Bonchev–Trinajstić information content (AvgIpc) is 2.78. The van der Waals surface area contributed by atoms with Crippen LogP contribution < -0.4 is 4.90 Å². The van der Waals surface area contributed by atoms with Crippen LogP contribution in [0.3, 0.4) is 0 Å². The van der Waals surface area contributed by atoms with Crippen molar-refractivity contribution in [3.8, 4) is 0 Å². The predicted molar refractivity (Wildman–Crippen MR) is 73.2 cm³/mol. The largest absolute Gasteiger partial charge is 0.373 e. The molecule has 0 aromatic carbocycles. The first kappa shape index (κ1) is 11.6. The molecule has 0 atom stereocenters. The van der Waals surface area contributed by atoms with Crippen molar-refractivity contribution in [3.05, 3.63) is 45.3 Å². The summed E-state index contributed by atoms with van der Waals surface area (Å²) in [5.74, 6) is 0. The van der Waals surface area contributed by atoms with Crippen molar-refractivity contribution in [1.29, 1.82) is 0 Å². The molecule has 4 heteroatoms. The van der Waals surface area contributed by atoms with E-state index in [-0.39, 0.29) is 0 Å². The lowest BCUT2D eigenvalue weighted by Gasteiger charge is -2.18. The topological polar surface area (TPSA) is 16.1 Å². The zero-order valence-corrected chi connectivity index (χ0v) is 11.5. The van der Waals surface area contributed by atoms with Crippen LogP contribution in [-0.4, -0.2) is 18.6 Å². The van der Waals surface area contributed by atoms with Crippen LogP contribution >= 0.6 is 27.3 Å². The number of nitrogens with zero attached hydrogens (tertiary/aromatic N) is 2. The van der Waals surface area contributed by atoms with E-state index in [2.05, 4.69) is 56.4 Å². The van der Waals surface area contributed by atoms with Gasteiger partial charge in [-0.2, -0.15) is 0 Å². The lowest BCUT2D eigenvalue weighted by atomic mass is 10.3. The second-order valence-electron chi connectivity index (χ2n) is 3.61. The van der Waals surface area contributed by atoms with Crippen molar-refractivity contribution in [1.82, 2.24) is 4.98 Å². The summed E-state index contributed by atoms with van der Waals surface area (Å²) in [6.45, 7) is 1.01. The van der Waals surface area contributed by atoms with Crippen LogP contribution in [0.1, 0.15) is 4.88 Å². The van der Waals surface area contributed by atoms with Crippen LogP contribution in [0.25, 0.3) is 0 Å². The van der Waals surface area contributed by atoms with Gasteiger partial charge >= 0.3 is 0 Å². The fourth-order valence-electron chi connectivity index (χ4n) is 1.47. The number of rotatable bonds is 4. The molecule has 0 fully saturated rings. The van der Waals surface area contributed by atoms with E-state index in [1.54, 1.807) is 6.20 Å². The van der Waals surface area contributed by atoms with Crippen molar-refractivity contribution in [2.75, 3.05) is 18.5 Å². The standard InChI is InChI=1S/C12H13BrN2S/c1-15(5-4-12-3-2-6-16-12)11-7-10(13)8-14-9-11/h2-3,6-9H,4-5H2,1H3. The van der Waals surface area contributed by atoms with Crippen LogP contribution in [0, 0.1) is 0 Å². The van der Waals surface area contributed by atoms with E-state index in [0.717, 1.165) is 23.1 Å². The van der Waals surface area contributed by atoms with Crippen molar-refractivity contribution in [3.63, 3.8) is 0 Å². The minimum Gasteiger partial charge on any atom is -0.373 e. The van der Waals surface area contributed by atoms with Gasteiger partial charge in [-0.05, 0) is 39.9 Å². The van der Waals surface area contributed by atoms with Gasteiger partial charge < -0.3 is 4.90 Å². The maximum absolute atomic E-state index is 4.16. The Bertz CT molecular complexity index is 442. The van der Waals surface area contributed by atoms with Gasteiger partial charge in [0.1, 0.15) is 0 Å². The van der Waals surface area contributed by atoms with Gasteiger partial charge in [0.2, 0.25) is 0 Å². The summed E-state index contributed by atoms with van der Waals surface area (Å²) >= 11 is 5.24. The summed E-state index contributed by atoms with van der Waals surface area (Å²) < 4.78 is 1.02. The molecule has 2 aromatic rings. The molecular weight excluding hydrogens is 284 g/mol. The number of hydrogen-bond donors (Lipinski definition) is 0. The Kier molecular flexibility index (Phi) is 3.96. The summed E-state index contributed by atoms with van der Waals surface area (Å²) in [4.78, 5) is 7.81. The Morgan fingerprint density at radius 3 is 3.00 bits per heavy atom. The number of hydrogen-bond acceptors (Lipinski definition) is 3. The predicted octanol–water partition coefficient (Wildman–Crippen LogP) is 3.58. The molecule has 0 spiro atoms. The molecule has 2 rings (SSSR count). The molecule has 2 nitrogen and oxygen atoms in total. The molecule has 0 aliphatic carbocycles. The first-order valence-corrected chi connectivity index (χ1v) is 6.77. The molecule has 0 radical (unpaired) electrons. The van der Waals surface area contributed by atoms with Crippen LogP contribution in [0.5, 0.6) is 0 Å². The van der Waals surface area contributed by atoms with E-state index in [1.807, 2.05) is 17.5 Å². The number of likely N-dealkylation sites (N-methyl/N-ethyl adjacent to an activating group) is 1. The summed E-state index contributed by atoms with van der Waals surface area (Å²) in [6, 6.07) is 6.36. The molecule has 16 heavy (non-hydrogen) atoms. The molecule has 2 aromatic heterocycles. The van der Waals surface area contributed by atoms with E-state index in [1.165, 1.54) is 4.88 Å². The first-order chi connectivity index (χ1) is 7.75. The summed E-state index contributed by atoms with van der Waals surface area (Å²) in [5, 5.41) is 2.12. The van der Waals surface area contributed by atoms with Crippen molar-refractivity contribution in [2.45, 2.75) is 6.42 Å². The van der Waals surface area contributed by atoms with E-state index < -0.39 is 0 Å². The van der Waals surface area contributed by atoms with Crippen molar-refractivity contribution >= 4 is 33.0 Å². The third-order valence-corrected chi connectivity index (χ3v) is 3.77. The number of thiophene rings is 1. The van der Waals surface area contributed by atoms with Crippen LogP contribution in [0.15, 0.2) is 40.4 Å².